The Bertz CT molecular complexity index is 516. The summed E-state index contributed by atoms with van der Waals surface area (Å²) in [5, 5.41) is 4.17. The van der Waals surface area contributed by atoms with E-state index in [9.17, 15) is 0 Å². The molecule has 1 aliphatic rings. The Balaban J connectivity index is 1.93. The van der Waals surface area contributed by atoms with Crippen LogP contribution in [-0.2, 0) is 5.54 Å². The lowest BCUT2D eigenvalue weighted by molar-refractivity contribution is 0.229. The standard InChI is InChI=1S/C10H10ClN3O2/c11-7-3-2-6(15-7)8-13-9(14-16-8)10(12)4-1-5-10/h2-3H,1,4-5,12H2. The first kappa shape index (κ1) is 9.86. The lowest BCUT2D eigenvalue weighted by Crippen LogP contribution is -2.44. The van der Waals surface area contributed by atoms with Crippen molar-refractivity contribution in [2.24, 2.45) is 5.73 Å². The third kappa shape index (κ3) is 1.44. The third-order valence-electron chi connectivity index (χ3n) is 2.90. The summed E-state index contributed by atoms with van der Waals surface area (Å²) in [4.78, 5) is 4.23. The fraction of sp³-hybridized carbons (Fsp3) is 0.400. The molecule has 1 saturated carbocycles. The van der Waals surface area contributed by atoms with Crippen LogP contribution in [0.5, 0.6) is 0 Å². The van der Waals surface area contributed by atoms with Gasteiger partial charge in [-0.2, -0.15) is 4.98 Å². The average Bonchev–Trinajstić information content (AvgIpc) is 2.82. The number of nitrogens with zero attached hydrogens (tertiary/aromatic N) is 2. The van der Waals surface area contributed by atoms with Crippen molar-refractivity contribution in [2.45, 2.75) is 24.8 Å². The number of aromatic nitrogens is 2. The van der Waals surface area contributed by atoms with Gasteiger partial charge in [-0.1, -0.05) is 5.16 Å². The van der Waals surface area contributed by atoms with Gasteiger partial charge in [-0.25, -0.2) is 0 Å². The van der Waals surface area contributed by atoms with Crippen LogP contribution >= 0.6 is 11.6 Å². The average molecular weight is 240 g/mol. The van der Waals surface area contributed by atoms with E-state index >= 15 is 0 Å². The van der Waals surface area contributed by atoms with Gasteiger partial charge in [0.25, 0.3) is 5.89 Å². The van der Waals surface area contributed by atoms with Crippen molar-refractivity contribution in [1.82, 2.24) is 10.1 Å². The molecular weight excluding hydrogens is 230 g/mol. The summed E-state index contributed by atoms with van der Waals surface area (Å²) in [5.41, 5.74) is 5.66. The number of rotatable bonds is 2. The van der Waals surface area contributed by atoms with Crippen molar-refractivity contribution in [3.63, 3.8) is 0 Å². The van der Waals surface area contributed by atoms with Gasteiger partial charge in [0.1, 0.15) is 0 Å². The van der Waals surface area contributed by atoms with Gasteiger partial charge >= 0.3 is 0 Å². The van der Waals surface area contributed by atoms with Gasteiger partial charge in [-0.05, 0) is 43.0 Å². The second-order valence-electron chi connectivity index (χ2n) is 4.04. The van der Waals surface area contributed by atoms with E-state index in [1.807, 2.05) is 0 Å². The first-order valence-electron chi connectivity index (χ1n) is 5.06. The van der Waals surface area contributed by atoms with Crippen LogP contribution < -0.4 is 5.73 Å². The normalized spacial score (nSPS) is 18.4. The Morgan fingerprint density at radius 2 is 2.19 bits per heavy atom. The SMILES string of the molecule is NC1(c2noc(-c3ccc(Cl)o3)n2)CCC1. The fourth-order valence-corrected chi connectivity index (χ4v) is 1.88. The second kappa shape index (κ2) is 3.33. The van der Waals surface area contributed by atoms with Gasteiger partial charge in [0, 0.05) is 0 Å². The molecule has 1 aliphatic carbocycles. The second-order valence-corrected chi connectivity index (χ2v) is 4.41. The monoisotopic (exact) mass is 239 g/mol. The number of furan rings is 1. The molecule has 16 heavy (non-hydrogen) atoms. The van der Waals surface area contributed by atoms with Crippen molar-refractivity contribution in [3.05, 3.63) is 23.2 Å². The number of halogens is 1. The van der Waals surface area contributed by atoms with Gasteiger partial charge in [0.2, 0.25) is 0 Å². The molecule has 0 aromatic carbocycles. The lowest BCUT2D eigenvalue weighted by atomic mass is 9.77. The van der Waals surface area contributed by atoms with Gasteiger partial charge in [-0.15, -0.1) is 0 Å². The zero-order valence-electron chi connectivity index (χ0n) is 8.44. The minimum absolute atomic E-state index is 0.292. The number of nitrogens with two attached hydrogens (primary N) is 1. The van der Waals surface area contributed by atoms with Crippen LogP contribution in [0.2, 0.25) is 5.22 Å². The quantitative estimate of drug-likeness (QED) is 0.870. The van der Waals surface area contributed by atoms with E-state index in [0.29, 0.717) is 22.7 Å². The topological polar surface area (TPSA) is 78.1 Å². The predicted octanol–water partition coefficient (Wildman–Crippen LogP) is 2.32. The van der Waals surface area contributed by atoms with Crippen molar-refractivity contribution in [2.75, 3.05) is 0 Å². The third-order valence-corrected chi connectivity index (χ3v) is 3.10. The minimum Gasteiger partial charge on any atom is -0.440 e. The highest BCUT2D eigenvalue weighted by Gasteiger charge is 2.39. The van der Waals surface area contributed by atoms with E-state index in [2.05, 4.69) is 10.1 Å². The van der Waals surface area contributed by atoms with E-state index in [0.717, 1.165) is 19.3 Å². The van der Waals surface area contributed by atoms with Gasteiger partial charge < -0.3 is 14.7 Å². The molecule has 84 valence electrons. The molecule has 2 heterocycles. The molecule has 0 amide bonds. The van der Waals surface area contributed by atoms with E-state index in [-0.39, 0.29) is 0 Å². The van der Waals surface area contributed by atoms with Crippen LogP contribution in [0, 0.1) is 0 Å². The summed E-state index contributed by atoms with van der Waals surface area (Å²) in [6.07, 6.45) is 2.89. The van der Waals surface area contributed by atoms with Crippen LogP contribution in [0.4, 0.5) is 0 Å². The van der Waals surface area contributed by atoms with Gasteiger partial charge in [-0.3, -0.25) is 0 Å². The van der Waals surface area contributed by atoms with Crippen LogP contribution in [0.1, 0.15) is 25.1 Å². The maximum absolute atomic E-state index is 6.08. The first-order chi connectivity index (χ1) is 7.67. The molecule has 0 radical (unpaired) electrons. The van der Waals surface area contributed by atoms with Crippen LogP contribution in [0.3, 0.4) is 0 Å². The summed E-state index contributed by atoms with van der Waals surface area (Å²) < 4.78 is 10.3. The molecule has 0 aliphatic heterocycles. The Hall–Kier alpha value is -1.33. The smallest absolute Gasteiger partial charge is 0.293 e. The number of hydrogen-bond donors (Lipinski definition) is 1. The molecule has 2 N–H and O–H groups in total. The van der Waals surface area contributed by atoms with Crippen molar-refractivity contribution >= 4 is 11.6 Å². The van der Waals surface area contributed by atoms with E-state index < -0.39 is 5.54 Å². The Morgan fingerprint density at radius 1 is 1.38 bits per heavy atom. The highest BCUT2D eigenvalue weighted by atomic mass is 35.5. The largest absolute Gasteiger partial charge is 0.440 e. The highest BCUT2D eigenvalue weighted by Crippen LogP contribution is 2.37. The molecule has 2 aromatic rings. The lowest BCUT2D eigenvalue weighted by Gasteiger charge is -2.34. The van der Waals surface area contributed by atoms with Crippen LogP contribution in [0.15, 0.2) is 21.1 Å². The molecule has 1 fully saturated rings. The van der Waals surface area contributed by atoms with Crippen molar-refractivity contribution in [3.8, 4) is 11.7 Å². The summed E-state index contributed by atoms with van der Waals surface area (Å²) in [7, 11) is 0. The van der Waals surface area contributed by atoms with E-state index in [4.69, 9.17) is 26.3 Å². The van der Waals surface area contributed by atoms with E-state index in [1.165, 1.54) is 0 Å². The molecule has 2 aromatic heterocycles. The molecule has 5 nitrogen and oxygen atoms in total. The first-order valence-corrected chi connectivity index (χ1v) is 5.44. The Labute approximate surface area is 96.6 Å². The molecule has 0 unspecified atom stereocenters. The number of hydrogen-bond acceptors (Lipinski definition) is 5. The predicted molar refractivity (Wildman–Crippen MR) is 56.7 cm³/mol. The summed E-state index contributed by atoms with van der Waals surface area (Å²) in [5.74, 6) is 1.33. The summed E-state index contributed by atoms with van der Waals surface area (Å²) in [6, 6.07) is 3.31. The van der Waals surface area contributed by atoms with Crippen molar-refractivity contribution < 1.29 is 8.94 Å². The van der Waals surface area contributed by atoms with Gasteiger partial charge in [0.15, 0.2) is 16.8 Å². The van der Waals surface area contributed by atoms with Crippen LogP contribution in [0.25, 0.3) is 11.7 Å². The molecule has 0 bridgehead atoms. The van der Waals surface area contributed by atoms with Gasteiger partial charge in [0.05, 0.1) is 5.54 Å². The maximum atomic E-state index is 6.08. The fourth-order valence-electron chi connectivity index (χ4n) is 1.74. The maximum Gasteiger partial charge on any atom is 0.293 e. The van der Waals surface area contributed by atoms with Crippen molar-refractivity contribution in [1.29, 1.82) is 0 Å². The minimum atomic E-state index is -0.419. The summed E-state index contributed by atoms with van der Waals surface area (Å²) in [6.45, 7) is 0. The zero-order chi connectivity index (χ0) is 11.2. The van der Waals surface area contributed by atoms with Crippen LogP contribution in [-0.4, -0.2) is 10.1 Å². The molecule has 3 rings (SSSR count). The summed E-state index contributed by atoms with van der Waals surface area (Å²) >= 11 is 5.66. The molecular formula is C10H10ClN3O2. The zero-order valence-corrected chi connectivity index (χ0v) is 9.20. The molecule has 6 heteroatoms. The Kier molecular flexibility index (Phi) is 2.05. The Morgan fingerprint density at radius 3 is 2.75 bits per heavy atom. The molecule has 0 spiro atoms. The highest BCUT2D eigenvalue weighted by molar-refractivity contribution is 6.28. The molecule has 0 atom stereocenters. The molecule has 0 saturated heterocycles. The van der Waals surface area contributed by atoms with E-state index in [1.54, 1.807) is 12.1 Å².